The second-order valence-electron chi connectivity index (χ2n) is 6.57. The van der Waals surface area contributed by atoms with Crippen molar-refractivity contribution in [1.82, 2.24) is 0 Å². The van der Waals surface area contributed by atoms with Gasteiger partial charge >= 0.3 is 23.1 Å². The molecular formula is C22H27BrMgS3. The summed E-state index contributed by atoms with van der Waals surface area (Å²) < 4.78 is 0. The molecule has 0 saturated carbocycles. The number of hydrogen-bond donors (Lipinski definition) is 0. The van der Waals surface area contributed by atoms with Crippen LogP contribution < -0.4 is 17.0 Å². The van der Waals surface area contributed by atoms with Crippen molar-refractivity contribution < 1.29 is 17.0 Å². The van der Waals surface area contributed by atoms with Gasteiger partial charge in [-0.3, -0.25) is 11.3 Å². The van der Waals surface area contributed by atoms with E-state index in [9.17, 15) is 0 Å². The van der Waals surface area contributed by atoms with Gasteiger partial charge in [-0.15, -0.1) is 32.9 Å². The molecule has 0 unspecified atom stereocenters. The number of hydrogen-bond acceptors (Lipinski definition) is 3. The van der Waals surface area contributed by atoms with Crippen LogP contribution in [0.3, 0.4) is 0 Å². The first kappa shape index (κ1) is 25.4. The standard InChI is InChI=1S/C22H27S3.BrH.Mg/c1-2-3-4-5-6-7-8-9-11-18-13-14-21(24-18)22-16-15-20(25-22)19-12-10-17-23-19;;/h10,12-16H,2-9,11H2,1H3;1H;/q-1;;+2/p-1. The number of halogens is 1. The third-order valence-corrected chi connectivity index (χ3v) is 7.92. The normalized spacial score (nSPS) is 10.4. The first-order chi connectivity index (χ1) is 12.4. The van der Waals surface area contributed by atoms with Crippen LogP contribution in [0.25, 0.3) is 19.5 Å². The summed E-state index contributed by atoms with van der Waals surface area (Å²) in [7, 11) is 0. The molecule has 0 aliphatic heterocycles. The summed E-state index contributed by atoms with van der Waals surface area (Å²) in [5.74, 6) is 0. The zero-order chi connectivity index (χ0) is 17.3. The van der Waals surface area contributed by atoms with E-state index in [0.29, 0.717) is 0 Å². The maximum atomic E-state index is 3.18. The Morgan fingerprint density at radius 2 is 1.30 bits per heavy atom. The topological polar surface area (TPSA) is 0 Å². The van der Waals surface area contributed by atoms with Crippen LogP contribution in [0.2, 0.25) is 0 Å². The average molecular weight is 492 g/mol. The Morgan fingerprint density at radius 3 is 1.96 bits per heavy atom. The predicted octanol–water partition coefficient (Wildman–Crippen LogP) is 5.31. The van der Waals surface area contributed by atoms with E-state index >= 15 is 0 Å². The summed E-state index contributed by atoms with van der Waals surface area (Å²) in [6.45, 7) is 2.28. The van der Waals surface area contributed by atoms with Crippen molar-refractivity contribution in [3.8, 4) is 19.5 Å². The fourth-order valence-corrected chi connectivity index (χ4v) is 5.94. The van der Waals surface area contributed by atoms with E-state index < -0.39 is 0 Å². The van der Waals surface area contributed by atoms with Gasteiger partial charge in [0.2, 0.25) is 0 Å². The van der Waals surface area contributed by atoms with Crippen molar-refractivity contribution in [2.24, 2.45) is 0 Å². The van der Waals surface area contributed by atoms with Crippen LogP contribution >= 0.6 is 34.0 Å². The second-order valence-corrected chi connectivity index (χ2v) is 9.70. The van der Waals surface area contributed by atoms with Gasteiger partial charge < -0.3 is 17.0 Å². The molecular weight excluding hydrogens is 465 g/mol. The van der Waals surface area contributed by atoms with Gasteiger partial charge in [-0.1, -0.05) is 57.9 Å². The molecule has 0 aromatic carbocycles. The molecule has 0 atom stereocenters. The minimum absolute atomic E-state index is 0. The Balaban J connectivity index is 0.00000182. The molecule has 3 aromatic rings. The maximum Gasteiger partial charge on any atom is 2.00 e. The van der Waals surface area contributed by atoms with Crippen molar-refractivity contribution >= 4 is 57.1 Å². The van der Waals surface area contributed by atoms with Crippen molar-refractivity contribution in [3.05, 3.63) is 46.7 Å². The van der Waals surface area contributed by atoms with Gasteiger partial charge in [0.15, 0.2) is 0 Å². The molecule has 142 valence electrons. The van der Waals surface area contributed by atoms with E-state index in [1.54, 1.807) is 16.2 Å². The Labute approximate surface area is 203 Å². The molecule has 0 aliphatic carbocycles. The minimum atomic E-state index is 0. The molecule has 5 heteroatoms. The van der Waals surface area contributed by atoms with Gasteiger partial charge in [0, 0.05) is 14.6 Å². The SMILES string of the molecule is CCCCCCCCCCc1ccc(-c2ccc(-c3cc[c-]s3)s2)s1.[Br-].[Mg+2]. The van der Waals surface area contributed by atoms with Gasteiger partial charge in [0.05, 0.1) is 0 Å². The molecule has 3 rings (SSSR count). The van der Waals surface area contributed by atoms with Crippen molar-refractivity contribution in [2.45, 2.75) is 64.7 Å². The predicted molar refractivity (Wildman–Crippen MR) is 122 cm³/mol. The van der Waals surface area contributed by atoms with Crippen molar-refractivity contribution in [2.75, 3.05) is 0 Å². The summed E-state index contributed by atoms with van der Waals surface area (Å²) in [5.41, 5.74) is 0. The summed E-state index contributed by atoms with van der Waals surface area (Å²) in [5, 5.41) is 3.18. The Hall–Kier alpha value is 0.346. The fraction of sp³-hybridized carbons (Fsp3) is 0.455. The second kappa shape index (κ2) is 14.3. The molecule has 0 bridgehead atoms. The van der Waals surface area contributed by atoms with Crippen LogP contribution in [-0.4, -0.2) is 23.1 Å². The largest absolute Gasteiger partial charge is 2.00 e. The third-order valence-electron chi connectivity index (χ3n) is 4.50. The quantitative estimate of drug-likeness (QED) is 0.194. The molecule has 3 heterocycles. The van der Waals surface area contributed by atoms with Gasteiger partial charge in [0.1, 0.15) is 0 Å². The smallest absolute Gasteiger partial charge is 1.00 e. The van der Waals surface area contributed by atoms with Crippen LogP contribution in [0.1, 0.15) is 63.2 Å². The third kappa shape index (κ3) is 8.31. The summed E-state index contributed by atoms with van der Waals surface area (Å²) in [6, 6.07) is 13.3. The van der Waals surface area contributed by atoms with E-state index in [2.05, 4.69) is 42.6 Å². The molecule has 0 amide bonds. The molecule has 0 radical (unpaired) electrons. The molecule has 0 N–H and O–H groups in total. The van der Waals surface area contributed by atoms with Crippen LogP contribution in [-0.2, 0) is 6.42 Å². The molecule has 0 aliphatic rings. The Morgan fingerprint density at radius 1 is 0.704 bits per heavy atom. The van der Waals surface area contributed by atoms with Crippen LogP contribution in [0.4, 0.5) is 0 Å². The van der Waals surface area contributed by atoms with Gasteiger partial charge in [-0.2, -0.15) is 12.1 Å². The number of unbranched alkanes of at least 4 members (excludes halogenated alkanes) is 7. The minimum Gasteiger partial charge on any atom is -1.00 e. The van der Waals surface area contributed by atoms with Crippen LogP contribution in [0, 0.1) is 5.38 Å². The molecule has 3 aromatic heterocycles. The number of rotatable bonds is 11. The zero-order valence-corrected chi connectivity index (χ0v) is 21.6. The Bertz CT molecular complexity index is 730. The number of aryl methyl sites for hydroxylation is 1. The van der Waals surface area contributed by atoms with Crippen LogP contribution in [0.5, 0.6) is 0 Å². The van der Waals surface area contributed by atoms with E-state index in [1.165, 1.54) is 77.3 Å². The van der Waals surface area contributed by atoms with Gasteiger partial charge in [0.25, 0.3) is 0 Å². The summed E-state index contributed by atoms with van der Waals surface area (Å²) >= 11 is 5.58. The summed E-state index contributed by atoms with van der Waals surface area (Å²) in [6.07, 6.45) is 12.4. The van der Waals surface area contributed by atoms with E-state index in [1.807, 2.05) is 28.7 Å². The Kier molecular flexibility index (Phi) is 13.5. The van der Waals surface area contributed by atoms with Crippen molar-refractivity contribution in [1.29, 1.82) is 0 Å². The maximum absolute atomic E-state index is 3.18. The molecule has 0 saturated heterocycles. The molecule has 0 fully saturated rings. The monoisotopic (exact) mass is 490 g/mol. The van der Waals surface area contributed by atoms with E-state index in [-0.39, 0.29) is 40.0 Å². The first-order valence-corrected chi connectivity index (χ1v) is 12.0. The van der Waals surface area contributed by atoms with Crippen molar-refractivity contribution in [3.63, 3.8) is 0 Å². The van der Waals surface area contributed by atoms with Gasteiger partial charge in [-0.25, -0.2) is 0 Å². The number of thiophene rings is 3. The average Bonchev–Trinajstić information content (AvgIpc) is 3.37. The summed E-state index contributed by atoms with van der Waals surface area (Å²) in [4.78, 5) is 7.05. The molecule has 0 nitrogen and oxygen atoms in total. The van der Waals surface area contributed by atoms with Gasteiger partial charge in [-0.05, 0) is 35.9 Å². The van der Waals surface area contributed by atoms with Crippen LogP contribution in [0.15, 0.2) is 36.4 Å². The fourth-order valence-electron chi connectivity index (χ4n) is 3.05. The van der Waals surface area contributed by atoms with E-state index in [4.69, 9.17) is 0 Å². The molecule has 0 spiro atoms. The zero-order valence-electron chi connectivity index (χ0n) is 16.1. The molecule has 27 heavy (non-hydrogen) atoms. The first-order valence-electron chi connectivity index (χ1n) is 9.52. The van der Waals surface area contributed by atoms with E-state index in [0.717, 1.165) is 0 Å².